The van der Waals surface area contributed by atoms with Crippen LogP contribution >= 0.6 is 0 Å². The normalized spacial score (nSPS) is 13.3. The fourth-order valence-corrected chi connectivity index (χ4v) is 1.94. The second-order valence-electron chi connectivity index (χ2n) is 6.37. The van der Waals surface area contributed by atoms with Crippen molar-refractivity contribution < 1.29 is 9.47 Å². The summed E-state index contributed by atoms with van der Waals surface area (Å²) in [5, 5.41) is 3.52. The van der Waals surface area contributed by atoms with E-state index in [1.54, 1.807) is 0 Å². The quantitative estimate of drug-likeness (QED) is 0.663. The molecule has 0 aliphatic carbocycles. The first-order valence-corrected chi connectivity index (χ1v) is 8.02. The number of ether oxygens (including phenoxy) is 2. The Bertz CT molecular complexity index is 359. The lowest BCUT2D eigenvalue weighted by molar-refractivity contribution is 0.00145. The molecule has 1 N–H and O–H groups in total. The molecule has 3 nitrogen and oxygen atoms in total. The van der Waals surface area contributed by atoms with Gasteiger partial charge in [0.15, 0.2) is 0 Å². The molecule has 21 heavy (non-hydrogen) atoms. The van der Waals surface area contributed by atoms with Crippen molar-refractivity contribution in [2.24, 2.45) is 0 Å². The third kappa shape index (κ3) is 8.86. The first-order valence-electron chi connectivity index (χ1n) is 8.02. The summed E-state index contributed by atoms with van der Waals surface area (Å²) >= 11 is 0. The smallest absolute Gasteiger partial charge is 0.0950 e. The number of benzene rings is 1. The highest BCUT2D eigenvalue weighted by Gasteiger charge is 2.16. The maximum atomic E-state index is 6.02. The van der Waals surface area contributed by atoms with Gasteiger partial charge in [-0.25, -0.2) is 0 Å². The number of rotatable bonds is 10. The summed E-state index contributed by atoms with van der Waals surface area (Å²) < 4.78 is 11.6. The van der Waals surface area contributed by atoms with Crippen LogP contribution in [0.15, 0.2) is 30.3 Å². The fourth-order valence-electron chi connectivity index (χ4n) is 1.94. The molecule has 1 atom stereocenters. The van der Waals surface area contributed by atoms with Gasteiger partial charge in [0, 0.05) is 18.7 Å². The van der Waals surface area contributed by atoms with Gasteiger partial charge in [-0.2, -0.15) is 0 Å². The molecule has 0 fully saturated rings. The van der Waals surface area contributed by atoms with Crippen LogP contribution in [0.1, 0.15) is 52.2 Å². The summed E-state index contributed by atoms with van der Waals surface area (Å²) in [6.45, 7) is 11.6. The molecule has 0 saturated carbocycles. The lowest BCUT2D eigenvalue weighted by Crippen LogP contribution is -2.39. The van der Waals surface area contributed by atoms with Crippen molar-refractivity contribution in [2.45, 2.75) is 52.2 Å². The summed E-state index contributed by atoms with van der Waals surface area (Å²) in [6.07, 6.45) is 2.36. The Balaban J connectivity index is 2.41. The lowest BCUT2D eigenvalue weighted by atomic mass is 10.1. The van der Waals surface area contributed by atoms with Crippen molar-refractivity contribution in [3.63, 3.8) is 0 Å². The van der Waals surface area contributed by atoms with E-state index in [0.29, 0.717) is 13.2 Å². The van der Waals surface area contributed by atoms with Gasteiger partial charge < -0.3 is 14.8 Å². The zero-order chi connectivity index (χ0) is 15.6. The van der Waals surface area contributed by atoms with Crippen molar-refractivity contribution in [2.75, 3.05) is 26.4 Å². The van der Waals surface area contributed by atoms with E-state index >= 15 is 0 Å². The first-order chi connectivity index (χ1) is 10.0. The summed E-state index contributed by atoms with van der Waals surface area (Å²) in [5.41, 5.74) is 1.30. The molecule has 0 heterocycles. The molecule has 0 saturated heterocycles. The number of hydrogen-bond donors (Lipinski definition) is 1. The van der Waals surface area contributed by atoms with E-state index < -0.39 is 0 Å². The number of hydrogen-bond acceptors (Lipinski definition) is 3. The molecule has 1 aromatic carbocycles. The van der Waals surface area contributed by atoms with E-state index in [0.717, 1.165) is 19.6 Å². The zero-order valence-electron chi connectivity index (χ0n) is 14.0. The monoisotopic (exact) mass is 293 g/mol. The molecule has 1 aromatic rings. The van der Waals surface area contributed by atoms with E-state index in [9.17, 15) is 0 Å². The predicted molar refractivity (Wildman–Crippen MR) is 88.6 cm³/mol. The highest BCUT2D eigenvalue weighted by molar-refractivity contribution is 5.18. The molecule has 120 valence electrons. The molecule has 0 aromatic heterocycles. The third-order valence-electron chi connectivity index (χ3n) is 3.18. The molecule has 3 heteroatoms. The predicted octanol–water partition coefficient (Wildman–Crippen LogP) is 3.95. The molecular formula is C18H31NO2. The van der Waals surface area contributed by atoms with Crippen LogP contribution in [0.5, 0.6) is 0 Å². The second-order valence-corrected chi connectivity index (χ2v) is 6.37. The summed E-state index contributed by atoms with van der Waals surface area (Å²) in [7, 11) is 0. The number of unbranched alkanes of at least 4 members (excludes halogenated alkanes) is 1. The average molecular weight is 293 g/mol. The summed E-state index contributed by atoms with van der Waals surface area (Å²) in [5.74, 6) is 0. The van der Waals surface area contributed by atoms with Gasteiger partial charge in [-0.3, -0.25) is 0 Å². The van der Waals surface area contributed by atoms with Gasteiger partial charge in [0.05, 0.1) is 19.3 Å². The standard InChI is InChI=1S/C18H31NO2/c1-5-6-12-20-13-14-21-17(15-19-18(2,3)4)16-10-8-7-9-11-16/h7-11,17,19H,5-6,12-15H2,1-4H3. The zero-order valence-corrected chi connectivity index (χ0v) is 14.0. The molecule has 0 aliphatic rings. The van der Waals surface area contributed by atoms with Gasteiger partial charge in [0.25, 0.3) is 0 Å². The molecule has 0 bridgehead atoms. The van der Waals surface area contributed by atoms with Crippen LogP contribution < -0.4 is 5.32 Å². The van der Waals surface area contributed by atoms with Crippen LogP contribution in [0.2, 0.25) is 0 Å². The van der Waals surface area contributed by atoms with Gasteiger partial charge in [0.1, 0.15) is 0 Å². The Morgan fingerprint density at radius 1 is 1.05 bits per heavy atom. The second kappa shape index (κ2) is 9.93. The summed E-state index contributed by atoms with van der Waals surface area (Å²) in [6, 6.07) is 10.4. The maximum absolute atomic E-state index is 6.02. The van der Waals surface area contributed by atoms with Crippen molar-refractivity contribution in [3.8, 4) is 0 Å². The molecular weight excluding hydrogens is 262 g/mol. The maximum Gasteiger partial charge on any atom is 0.0950 e. The van der Waals surface area contributed by atoms with Gasteiger partial charge in [-0.1, -0.05) is 43.7 Å². The van der Waals surface area contributed by atoms with Crippen LogP contribution in [0.25, 0.3) is 0 Å². The van der Waals surface area contributed by atoms with Crippen molar-refractivity contribution in [1.29, 1.82) is 0 Å². The first kappa shape index (κ1) is 18.1. The molecule has 1 unspecified atom stereocenters. The van der Waals surface area contributed by atoms with Crippen LogP contribution in [0.3, 0.4) is 0 Å². The Morgan fingerprint density at radius 2 is 1.76 bits per heavy atom. The van der Waals surface area contributed by atoms with Crippen molar-refractivity contribution in [3.05, 3.63) is 35.9 Å². The highest BCUT2D eigenvalue weighted by atomic mass is 16.5. The van der Waals surface area contributed by atoms with Crippen LogP contribution in [-0.2, 0) is 9.47 Å². The lowest BCUT2D eigenvalue weighted by Gasteiger charge is -2.26. The summed E-state index contributed by atoms with van der Waals surface area (Å²) in [4.78, 5) is 0. The Labute approximate surface area is 130 Å². The fraction of sp³-hybridized carbons (Fsp3) is 0.667. The molecule has 1 rings (SSSR count). The Morgan fingerprint density at radius 3 is 2.38 bits per heavy atom. The minimum Gasteiger partial charge on any atom is -0.379 e. The van der Waals surface area contributed by atoms with Crippen molar-refractivity contribution in [1.82, 2.24) is 5.32 Å². The van der Waals surface area contributed by atoms with E-state index in [1.165, 1.54) is 12.0 Å². The van der Waals surface area contributed by atoms with Crippen molar-refractivity contribution >= 4 is 0 Å². The number of nitrogens with one attached hydrogen (secondary N) is 1. The Kier molecular flexibility index (Phi) is 8.58. The van der Waals surface area contributed by atoms with Gasteiger partial charge >= 0.3 is 0 Å². The largest absolute Gasteiger partial charge is 0.379 e. The van der Waals surface area contributed by atoms with Gasteiger partial charge in [-0.05, 0) is 32.8 Å². The SMILES string of the molecule is CCCCOCCOC(CNC(C)(C)C)c1ccccc1. The molecule has 0 spiro atoms. The van der Waals surface area contributed by atoms with Crippen LogP contribution in [0, 0.1) is 0 Å². The average Bonchev–Trinajstić information content (AvgIpc) is 2.45. The molecule has 0 radical (unpaired) electrons. The minimum absolute atomic E-state index is 0.0696. The van der Waals surface area contributed by atoms with Gasteiger partial charge in [0.2, 0.25) is 0 Å². The highest BCUT2D eigenvalue weighted by Crippen LogP contribution is 2.17. The molecule has 0 aliphatic heterocycles. The topological polar surface area (TPSA) is 30.5 Å². The van der Waals surface area contributed by atoms with E-state index in [4.69, 9.17) is 9.47 Å². The van der Waals surface area contributed by atoms with Gasteiger partial charge in [-0.15, -0.1) is 0 Å². The third-order valence-corrected chi connectivity index (χ3v) is 3.18. The minimum atomic E-state index is 0.0696. The molecule has 0 amide bonds. The van der Waals surface area contributed by atoms with Crippen LogP contribution in [0.4, 0.5) is 0 Å². The van der Waals surface area contributed by atoms with Crippen LogP contribution in [-0.4, -0.2) is 31.9 Å². The van der Waals surface area contributed by atoms with E-state index in [2.05, 4.69) is 57.3 Å². The van der Waals surface area contributed by atoms with E-state index in [1.807, 2.05) is 6.07 Å². The Hall–Kier alpha value is -0.900. The van der Waals surface area contributed by atoms with E-state index in [-0.39, 0.29) is 11.6 Å².